The Balaban J connectivity index is 0.000000362. The summed E-state index contributed by atoms with van der Waals surface area (Å²) in [6.45, 7) is 6.27. The smallest absolute Gasteiger partial charge is 0.263 e. The molecule has 1 fully saturated rings. The number of rotatable bonds is 4. The first kappa shape index (κ1) is 38.4. The van der Waals surface area contributed by atoms with Crippen LogP contribution in [0.25, 0.3) is 0 Å². The summed E-state index contributed by atoms with van der Waals surface area (Å²) in [6, 6.07) is 15.7. The predicted octanol–water partition coefficient (Wildman–Crippen LogP) is 7.61. The van der Waals surface area contributed by atoms with E-state index in [4.69, 9.17) is 30.5 Å². The van der Waals surface area contributed by atoms with Crippen molar-refractivity contribution in [1.82, 2.24) is 9.71 Å². The number of nitrogens with one attached hydrogen (secondary N) is 1. The zero-order valence-electron chi connectivity index (χ0n) is 30.9. The van der Waals surface area contributed by atoms with Crippen LogP contribution in [0.1, 0.15) is 79.3 Å². The molecule has 2 aliphatic carbocycles. The molecule has 1 spiro atoms. The van der Waals surface area contributed by atoms with Gasteiger partial charge >= 0.3 is 0 Å². The molecule has 3 aromatic rings. The molecule has 1 N–H and O–H groups in total. The monoisotopic (exact) mass is 749 g/mol. The second kappa shape index (κ2) is 17.2. The number of nitrogens with zero attached hydrogens (tertiary/aromatic N) is 2. The SMILES string of the molecule is COC(OC)c1cccnc1.COC1/C=C/CC(C)C(C)S(=O)NC(=O)c2ccc3c(c2)N(CC2CCC21)C[C@@]1(CCCc2cc(Cl)ccc21)CO3. The minimum absolute atomic E-state index is 0.0508. The van der Waals surface area contributed by atoms with Gasteiger partial charge in [-0.1, -0.05) is 42.8 Å². The summed E-state index contributed by atoms with van der Waals surface area (Å²) in [5, 5.41) is 0.589. The predicted molar refractivity (Wildman–Crippen MR) is 206 cm³/mol. The van der Waals surface area contributed by atoms with Crippen LogP contribution in [-0.4, -0.2) is 67.5 Å². The summed E-state index contributed by atoms with van der Waals surface area (Å²) in [5.41, 5.74) is 4.83. The Morgan fingerprint density at radius 2 is 1.92 bits per heavy atom. The first-order chi connectivity index (χ1) is 25.2. The van der Waals surface area contributed by atoms with Crippen molar-refractivity contribution >= 4 is 34.2 Å². The number of carbonyl (C=O) groups excluding carboxylic acids is 1. The number of carbonyl (C=O) groups is 1. The molecule has 280 valence electrons. The average Bonchev–Trinajstić information content (AvgIpc) is 3.29. The van der Waals surface area contributed by atoms with Crippen LogP contribution in [0.5, 0.6) is 5.75 Å². The zero-order valence-corrected chi connectivity index (χ0v) is 32.5. The lowest BCUT2D eigenvalue weighted by Crippen LogP contribution is -2.49. The second-order valence-corrected chi connectivity index (χ2v) is 16.6. The number of benzene rings is 2. The third-order valence-corrected chi connectivity index (χ3v) is 13.2. The van der Waals surface area contributed by atoms with Gasteiger partial charge in [0.1, 0.15) is 16.7 Å². The number of anilines is 1. The molecule has 0 radical (unpaired) electrons. The topological polar surface area (TPSA) is 99.2 Å². The van der Waals surface area contributed by atoms with Crippen molar-refractivity contribution < 1.29 is 28.0 Å². The molecule has 3 heterocycles. The van der Waals surface area contributed by atoms with Crippen LogP contribution < -0.4 is 14.4 Å². The number of aromatic nitrogens is 1. The van der Waals surface area contributed by atoms with Crippen molar-refractivity contribution in [2.75, 3.05) is 45.9 Å². The summed E-state index contributed by atoms with van der Waals surface area (Å²) in [4.78, 5) is 19.7. The molecule has 7 rings (SSSR count). The molecule has 6 unspecified atom stereocenters. The number of hydrogen-bond acceptors (Lipinski definition) is 8. The van der Waals surface area contributed by atoms with Gasteiger partial charge in [-0.25, -0.2) is 4.21 Å². The molecule has 4 aliphatic rings. The zero-order chi connectivity index (χ0) is 36.8. The van der Waals surface area contributed by atoms with Gasteiger partial charge < -0.3 is 23.8 Å². The highest BCUT2D eigenvalue weighted by molar-refractivity contribution is 7.84. The van der Waals surface area contributed by atoms with E-state index in [-0.39, 0.29) is 34.9 Å². The molecule has 7 atom stereocenters. The minimum Gasteiger partial charge on any atom is -0.490 e. The normalized spacial score (nSPS) is 29.3. The second-order valence-electron chi connectivity index (χ2n) is 14.7. The summed E-state index contributed by atoms with van der Waals surface area (Å²) >= 11 is 6.41. The molecule has 52 heavy (non-hydrogen) atoms. The van der Waals surface area contributed by atoms with Gasteiger partial charge in [0.25, 0.3) is 5.91 Å². The maximum atomic E-state index is 13.3. The number of ether oxygens (including phenoxy) is 4. The van der Waals surface area contributed by atoms with Crippen LogP contribution in [-0.2, 0) is 37.0 Å². The number of pyridine rings is 1. The van der Waals surface area contributed by atoms with Gasteiger partial charge in [0.15, 0.2) is 6.29 Å². The average molecular weight is 750 g/mol. The minimum atomic E-state index is -1.50. The fourth-order valence-corrected chi connectivity index (χ4v) is 9.36. The first-order valence-corrected chi connectivity index (χ1v) is 19.9. The van der Waals surface area contributed by atoms with E-state index in [9.17, 15) is 9.00 Å². The van der Waals surface area contributed by atoms with E-state index in [0.717, 1.165) is 73.6 Å². The summed E-state index contributed by atoms with van der Waals surface area (Å²) < 4.78 is 38.6. The molecule has 1 amide bonds. The first-order valence-electron chi connectivity index (χ1n) is 18.3. The summed E-state index contributed by atoms with van der Waals surface area (Å²) in [5.74, 6) is 1.53. The molecule has 2 aromatic carbocycles. The molecular weight excluding hydrogens is 698 g/mol. The lowest BCUT2D eigenvalue weighted by molar-refractivity contribution is -0.106. The van der Waals surface area contributed by atoms with E-state index in [1.54, 1.807) is 39.8 Å². The number of fused-ring (bicyclic) bond motifs is 4. The Morgan fingerprint density at radius 3 is 2.63 bits per heavy atom. The number of methoxy groups -OCH3 is 3. The molecule has 1 saturated carbocycles. The molecule has 2 bridgehead atoms. The number of allylic oxidation sites excluding steroid dienone is 1. The number of amides is 1. The van der Waals surface area contributed by atoms with E-state index in [0.29, 0.717) is 24.0 Å². The molecule has 9 nitrogen and oxygen atoms in total. The highest BCUT2D eigenvalue weighted by Crippen LogP contribution is 2.47. The van der Waals surface area contributed by atoms with Gasteiger partial charge in [-0.3, -0.25) is 14.5 Å². The third-order valence-electron chi connectivity index (χ3n) is 11.5. The van der Waals surface area contributed by atoms with Gasteiger partial charge in [0.05, 0.1) is 23.6 Å². The summed E-state index contributed by atoms with van der Waals surface area (Å²) in [7, 11) is 3.50. The molecule has 2 aliphatic heterocycles. The van der Waals surface area contributed by atoms with Gasteiger partial charge in [-0.05, 0) is 111 Å². The van der Waals surface area contributed by atoms with Crippen molar-refractivity contribution in [1.29, 1.82) is 0 Å². The number of hydrogen-bond donors (Lipinski definition) is 1. The Kier molecular flexibility index (Phi) is 12.7. The largest absolute Gasteiger partial charge is 0.490 e. The lowest BCUT2D eigenvalue weighted by Gasteiger charge is -2.46. The fraction of sp³-hybridized carbons (Fsp3) is 0.512. The number of halogens is 1. The molecule has 11 heteroatoms. The maximum Gasteiger partial charge on any atom is 0.263 e. The highest BCUT2D eigenvalue weighted by Gasteiger charge is 2.44. The van der Waals surface area contributed by atoms with Crippen LogP contribution in [0.15, 0.2) is 73.1 Å². The standard InChI is InChI=1S/C33H41ClN2O4S.C8H11NO2/c1-21-6-4-8-30(39-3)27-12-9-25(27)18-36-19-33(15-5-7-23-16-26(34)11-13-28(23)33)20-40-31-14-10-24(17-29(31)36)32(37)35-41(38)22(21)2;1-10-8(11-2)7-4-3-5-9-6-7/h4,8,10-11,13-14,16-17,21-22,25,27,30H,5-7,9,12,15,18-20H2,1-3H3,(H,35,37);3-6,8H,1-2H3/b8-4+;/t21?,22?,25?,27?,30?,33-,41?;/m0./s1. The molecule has 1 aromatic heterocycles. The maximum absolute atomic E-state index is 13.3. The van der Waals surface area contributed by atoms with Crippen LogP contribution >= 0.6 is 11.6 Å². The summed E-state index contributed by atoms with van der Waals surface area (Å²) in [6.07, 6.45) is 13.8. The van der Waals surface area contributed by atoms with Gasteiger partial charge in [0, 0.05) is 68.4 Å². The van der Waals surface area contributed by atoms with Crippen molar-refractivity contribution in [3.8, 4) is 5.75 Å². The van der Waals surface area contributed by atoms with E-state index in [1.165, 1.54) is 11.1 Å². The van der Waals surface area contributed by atoms with Crippen molar-refractivity contribution in [3.05, 3.63) is 100 Å². The van der Waals surface area contributed by atoms with Crippen LogP contribution in [0.3, 0.4) is 0 Å². The lowest BCUT2D eigenvalue weighted by atomic mass is 9.68. The Bertz CT molecular complexity index is 1740. The van der Waals surface area contributed by atoms with E-state index in [2.05, 4.69) is 45.8 Å². The van der Waals surface area contributed by atoms with E-state index in [1.807, 2.05) is 37.3 Å². The van der Waals surface area contributed by atoms with Gasteiger partial charge in [0.2, 0.25) is 0 Å². The third kappa shape index (κ3) is 8.42. The van der Waals surface area contributed by atoms with Crippen LogP contribution in [0.4, 0.5) is 5.69 Å². The van der Waals surface area contributed by atoms with Crippen LogP contribution in [0, 0.1) is 17.8 Å². The Labute approximate surface area is 316 Å². The quantitative estimate of drug-likeness (QED) is 0.215. The van der Waals surface area contributed by atoms with Crippen molar-refractivity contribution in [2.45, 2.75) is 75.4 Å². The van der Waals surface area contributed by atoms with Crippen molar-refractivity contribution in [2.24, 2.45) is 17.8 Å². The van der Waals surface area contributed by atoms with Crippen LogP contribution in [0.2, 0.25) is 5.02 Å². The van der Waals surface area contributed by atoms with Gasteiger partial charge in [-0.2, -0.15) is 0 Å². The molecule has 0 saturated heterocycles. The van der Waals surface area contributed by atoms with E-state index >= 15 is 0 Å². The Hall–Kier alpha value is -3.28. The highest BCUT2D eigenvalue weighted by atomic mass is 35.5. The van der Waals surface area contributed by atoms with Crippen molar-refractivity contribution in [3.63, 3.8) is 0 Å². The molecular formula is C41H52ClN3O6S. The van der Waals surface area contributed by atoms with Gasteiger partial charge in [-0.15, -0.1) is 0 Å². The van der Waals surface area contributed by atoms with E-state index < -0.39 is 11.0 Å². The number of aryl methyl sites for hydroxylation is 1. The fourth-order valence-electron chi connectivity index (χ4n) is 8.15. The Morgan fingerprint density at radius 1 is 1.10 bits per heavy atom.